The molecule has 0 amide bonds. The second-order valence-electron chi connectivity index (χ2n) is 6.26. The average molecular weight is 406 g/mol. The molecule has 0 aliphatic carbocycles. The summed E-state index contributed by atoms with van der Waals surface area (Å²) in [6, 6.07) is 11.2. The molecule has 3 rings (SSSR count). The van der Waals surface area contributed by atoms with E-state index in [1.807, 2.05) is 11.0 Å². The molecule has 0 unspecified atom stereocenters. The molecule has 0 spiro atoms. The molecule has 1 N–H and O–H groups in total. The van der Waals surface area contributed by atoms with Crippen molar-refractivity contribution in [1.82, 2.24) is 4.31 Å². The molecule has 0 aromatic heterocycles. The molecule has 8 nitrogen and oxygen atoms in total. The molecule has 2 aromatic rings. The molecule has 1 heterocycles. The maximum absolute atomic E-state index is 13.1. The van der Waals surface area contributed by atoms with Gasteiger partial charge in [-0.1, -0.05) is 6.07 Å². The topological polar surface area (TPSA) is 96.4 Å². The van der Waals surface area contributed by atoms with Crippen LogP contribution in [0.3, 0.4) is 0 Å². The third-order valence-corrected chi connectivity index (χ3v) is 6.62. The van der Waals surface area contributed by atoms with Crippen LogP contribution in [0.4, 0.5) is 5.69 Å². The molecular weight excluding hydrogens is 384 g/mol. The van der Waals surface area contributed by atoms with E-state index in [-0.39, 0.29) is 29.3 Å². The lowest BCUT2D eigenvalue weighted by Gasteiger charge is -2.35. The number of benzene rings is 2. The number of hydrogen-bond acceptors (Lipinski definition) is 6. The van der Waals surface area contributed by atoms with Crippen LogP contribution in [0.25, 0.3) is 0 Å². The number of carboxylic acid groups (broad SMARTS) is 1. The minimum Gasteiger partial charge on any atom is -0.497 e. The van der Waals surface area contributed by atoms with Crippen LogP contribution < -0.4 is 14.4 Å². The van der Waals surface area contributed by atoms with Gasteiger partial charge in [-0.15, -0.1) is 0 Å². The van der Waals surface area contributed by atoms with E-state index in [9.17, 15) is 13.2 Å². The fourth-order valence-corrected chi connectivity index (χ4v) is 4.71. The Morgan fingerprint density at radius 2 is 1.71 bits per heavy atom. The lowest BCUT2D eigenvalue weighted by molar-refractivity contribution is 0.0697. The van der Waals surface area contributed by atoms with Gasteiger partial charge in [-0.2, -0.15) is 4.31 Å². The number of ether oxygens (including phenoxy) is 2. The predicted molar refractivity (Wildman–Crippen MR) is 104 cm³/mol. The SMILES string of the molecule is COc1ccc(S(=O)(=O)N2CCN(c3cccc(C(=O)O)c3)CC2)c(OC)c1. The van der Waals surface area contributed by atoms with E-state index >= 15 is 0 Å². The van der Waals surface area contributed by atoms with E-state index in [1.54, 1.807) is 24.3 Å². The summed E-state index contributed by atoms with van der Waals surface area (Å²) in [7, 11) is -0.806. The largest absolute Gasteiger partial charge is 0.497 e. The number of aromatic carboxylic acids is 1. The van der Waals surface area contributed by atoms with Crippen molar-refractivity contribution in [2.24, 2.45) is 0 Å². The molecule has 1 aliphatic heterocycles. The highest BCUT2D eigenvalue weighted by atomic mass is 32.2. The Hall–Kier alpha value is -2.78. The summed E-state index contributed by atoms with van der Waals surface area (Å²) in [5.41, 5.74) is 0.967. The Morgan fingerprint density at radius 3 is 2.32 bits per heavy atom. The van der Waals surface area contributed by atoms with Crippen molar-refractivity contribution >= 4 is 21.7 Å². The van der Waals surface area contributed by atoms with Crippen LogP contribution in [0.2, 0.25) is 0 Å². The van der Waals surface area contributed by atoms with Crippen LogP contribution in [0.15, 0.2) is 47.4 Å². The van der Waals surface area contributed by atoms with Crippen molar-refractivity contribution in [2.75, 3.05) is 45.3 Å². The highest BCUT2D eigenvalue weighted by Crippen LogP contribution is 2.31. The van der Waals surface area contributed by atoms with Crippen LogP contribution in [0, 0.1) is 0 Å². The lowest BCUT2D eigenvalue weighted by Crippen LogP contribution is -2.48. The molecule has 9 heteroatoms. The second kappa shape index (κ2) is 8.07. The fourth-order valence-electron chi connectivity index (χ4n) is 3.15. The Kier molecular flexibility index (Phi) is 5.76. The fraction of sp³-hybridized carbons (Fsp3) is 0.316. The Labute approximate surface area is 164 Å². The number of methoxy groups -OCH3 is 2. The highest BCUT2D eigenvalue weighted by molar-refractivity contribution is 7.89. The summed E-state index contributed by atoms with van der Waals surface area (Å²) in [6.45, 7) is 1.49. The Morgan fingerprint density at radius 1 is 1.00 bits per heavy atom. The van der Waals surface area contributed by atoms with E-state index in [0.29, 0.717) is 18.8 Å². The standard InChI is InChI=1S/C19H22N2O6S/c1-26-16-6-7-18(17(13-16)27-2)28(24,25)21-10-8-20(9-11-21)15-5-3-4-14(12-15)19(22)23/h3-7,12-13H,8-11H2,1-2H3,(H,22,23). The van der Waals surface area contributed by atoms with Crippen molar-refractivity contribution in [3.63, 3.8) is 0 Å². The Bertz CT molecular complexity index is 968. The number of sulfonamides is 1. The minimum atomic E-state index is -3.72. The zero-order valence-electron chi connectivity index (χ0n) is 15.7. The maximum Gasteiger partial charge on any atom is 0.335 e. The summed E-state index contributed by atoms with van der Waals surface area (Å²) in [5, 5.41) is 9.14. The van der Waals surface area contributed by atoms with Gasteiger partial charge in [0, 0.05) is 37.9 Å². The monoisotopic (exact) mass is 406 g/mol. The van der Waals surface area contributed by atoms with E-state index in [1.165, 1.54) is 30.7 Å². The molecule has 28 heavy (non-hydrogen) atoms. The summed E-state index contributed by atoms with van der Waals surface area (Å²) >= 11 is 0. The number of hydrogen-bond donors (Lipinski definition) is 1. The smallest absolute Gasteiger partial charge is 0.335 e. The molecule has 0 atom stereocenters. The van der Waals surface area contributed by atoms with Crippen LogP contribution in [0.1, 0.15) is 10.4 Å². The quantitative estimate of drug-likeness (QED) is 0.783. The van der Waals surface area contributed by atoms with Crippen molar-refractivity contribution < 1.29 is 27.8 Å². The maximum atomic E-state index is 13.1. The lowest BCUT2D eigenvalue weighted by atomic mass is 10.2. The van der Waals surface area contributed by atoms with E-state index in [2.05, 4.69) is 0 Å². The second-order valence-corrected chi connectivity index (χ2v) is 8.17. The van der Waals surface area contributed by atoms with Gasteiger partial charge in [0.05, 0.1) is 19.8 Å². The molecule has 0 saturated carbocycles. The van der Waals surface area contributed by atoms with Gasteiger partial charge in [0.1, 0.15) is 16.4 Å². The summed E-state index contributed by atoms with van der Waals surface area (Å²) in [6.07, 6.45) is 0. The molecular formula is C19H22N2O6S. The molecule has 0 bridgehead atoms. The van der Waals surface area contributed by atoms with Crippen molar-refractivity contribution in [3.8, 4) is 11.5 Å². The zero-order chi connectivity index (χ0) is 20.3. The number of piperazine rings is 1. The van der Waals surface area contributed by atoms with Gasteiger partial charge in [0.25, 0.3) is 0 Å². The van der Waals surface area contributed by atoms with Crippen LogP contribution >= 0.6 is 0 Å². The Balaban J connectivity index is 1.77. The number of carboxylic acids is 1. The van der Waals surface area contributed by atoms with E-state index in [0.717, 1.165) is 5.69 Å². The van der Waals surface area contributed by atoms with E-state index in [4.69, 9.17) is 14.6 Å². The van der Waals surface area contributed by atoms with Crippen LogP contribution in [0.5, 0.6) is 11.5 Å². The highest BCUT2D eigenvalue weighted by Gasteiger charge is 2.31. The first kappa shape index (κ1) is 20.0. The number of nitrogens with zero attached hydrogens (tertiary/aromatic N) is 2. The average Bonchev–Trinajstić information content (AvgIpc) is 2.73. The third kappa shape index (κ3) is 3.90. The summed E-state index contributed by atoms with van der Waals surface area (Å²) in [5.74, 6) is -0.246. The van der Waals surface area contributed by atoms with Crippen LogP contribution in [-0.2, 0) is 10.0 Å². The first-order valence-corrected chi connectivity index (χ1v) is 10.1. The molecule has 0 radical (unpaired) electrons. The summed E-state index contributed by atoms with van der Waals surface area (Å²) < 4.78 is 37.9. The van der Waals surface area contributed by atoms with Gasteiger partial charge < -0.3 is 19.5 Å². The van der Waals surface area contributed by atoms with Gasteiger partial charge >= 0.3 is 5.97 Å². The minimum absolute atomic E-state index is 0.0946. The van der Waals surface area contributed by atoms with Gasteiger partial charge in [-0.05, 0) is 30.3 Å². The van der Waals surface area contributed by atoms with Gasteiger partial charge in [-0.25, -0.2) is 13.2 Å². The number of rotatable bonds is 6. The van der Waals surface area contributed by atoms with Gasteiger partial charge in [-0.3, -0.25) is 0 Å². The third-order valence-electron chi connectivity index (χ3n) is 4.69. The molecule has 1 fully saturated rings. The van der Waals surface area contributed by atoms with Gasteiger partial charge in [0.15, 0.2) is 0 Å². The number of anilines is 1. The molecule has 2 aromatic carbocycles. The first-order chi connectivity index (χ1) is 13.4. The van der Waals surface area contributed by atoms with E-state index < -0.39 is 16.0 Å². The summed E-state index contributed by atoms with van der Waals surface area (Å²) in [4.78, 5) is 13.2. The normalized spacial score (nSPS) is 15.3. The molecule has 150 valence electrons. The first-order valence-electron chi connectivity index (χ1n) is 8.67. The van der Waals surface area contributed by atoms with Crippen molar-refractivity contribution in [2.45, 2.75) is 4.90 Å². The predicted octanol–water partition coefficient (Wildman–Crippen LogP) is 1.91. The number of carbonyl (C=O) groups is 1. The van der Waals surface area contributed by atoms with Crippen molar-refractivity contribution in [3.05, 3.63) is 48.0 Å². The molecule has 1 aliphatic rings. The van der Waals surface area contributed by atoms with Crippen LogP contribution in [-0.4, -0.2) is 64.2 Å². The molecule has 1 saturated heterocycles. The zero-order valence-corrected chi connectivity index (χ0v) is 16.5. The van der Waals surface area contributed by atoms with Crippen molar-refractivity contribution in [1.29, 1.82) is 0 Å². The van der Waals surface area contributed by atoms with Gasteiger partial charge in [0.2, 0.25) is 10.0 Å².